The Morgan fingerprint density at radius 3 is 2.63 bits per heavy atom. The Kier molecular flexibility index (Phi) is 3.99. The molecule has 0 radical (unpaired) electrons. The fraction of sp³-hybridized carbons (Fsp3) is 0.615. The molecule has 1 unspecified atom stereocenters. The lowest BCUT2D eigenvalue weighted by Gasteiger charge is -2.13. The van der Waals surface area contributed by atoms with E-state index in [0.29, 0.717) is 11.1 Å². The highest BCUT2D eigenvalue weighted by atomic mass is 32.2. The third-order valence-electron chi connectivity index (χ3n) is 2.65. The molecule has 0 saturated heterocycles. The van der Waals surface area contributed by atoms with Crippen molar-refractivity contribution in [3.63, 3.8) is 0 Å². The molecule has 0 amide bonds. The number of oxazole rings is 1. The lowest BCUT2D eigenvalue weighted by molar-refractivity contribution is 0.352. The maximum Gasteiger partial charge on any atom is 0.256 e. The normalized spacial score (nSPS) is 13.7. The van der Waals surface area contributed by atoms with Gasteiger partial charge in [-0.1, -0.05) is 44.6 Å². The van der Waals surface area contributed by atoms with Gasteiger partial charge in [-0.25, -0.2) is 4.98 Å². The van der Waals surface area contributed by atoms with Gasteiger partial charge >= 0.3 is 0 Å². The maximum atomic E-state index is 5.74. The first kappa shape index (κ1) is 14.1. The van der Waals surface area contributed by atoms with Crippen LogP contribution in [0.25, 0.3) is 0 Å². The Balaban J connectivity index is 2.06. The van der Waals surface area contributed by atoms with Crippen LogP contribution in [0.5, 0.6) is 0 Å². The highest BCUT2D eigenvalue weighted by Crippen LogP contribution is 2.35. The lowest BCUT2D eigenvalue weighted by Crippen LogP contribution is -2.09. The zero-order valence-corrected chi connectivity index (χ0v) is 12.7. The summed E-state index contributed by atoms with van der Waals surface area (Å²) in [5.41, 5.74) is -0.0328. The van der Waals surface area contributed by atoms with Crippen molar-refractivity contribution in [1.82, 2.24) is 15.1 Å². The van der Waals surface area contributed by atoms with Gasteiger partial charge in [-0.2, -0.15) is 4.98 Å². The Labute approximate surface area is 117 Å². The number of aryl methyl sites for hydroxylation is 1. The summed E-state index contributed by atoms with van der Waals surface area (Å²) in [7, 11) is 0. The predicted molar refractivity (Wildman–Crippen MR) is 73.2 cm³/mol. The number of aromatic nitrogens is 3. The number of thioether (sulfide) groups is 1. The monoisotopic (exact) mass is 281 g/mol. The van der Waals surface area contributed by atoms with Crippen LogP contribution in [0.15, 0.2) is 20.4 Å². The molecule has 6 heteroatoms. The van der Waals surface area contributed by atoms with Gasteiger partial charge < -0.3 is 8.94 Å². The summed E-state index contributed by atoms with van der Waals surface area (Å²) in [5, 5.41) is 4.55. The molecule has 0 saturated carbocycles. The van der Waals surface area contributed by atoms with E-state index in [0.717, 1.165) is 18.0 Å². The van der Waals surface area contributed by atoms with E-state index >= 15 is 0 Å². The number of rotatable bonds is 4. The lowest BCUT2D eigenvalue weighted by atomic mass is 9.94. The van der Waals surface area contributed by atoms with Crippen molar-refractivity contribution in [2.45, 2.75) is 56.9 Å². The molecule has 1 atom stereocenters. The first-order chi connectivity index (χ1) is 8.90. The second kappa shape index (κ2) is 5.36. The van der Waals surface area contributed by atoms with E-state index in [2.05, 4.69) is 35.9 Å². The molecule has 0 N–H and O–H groups in total. The van der Waals surface area contributed by atoms with Crippen molar-refractivity contribution < 1.29 is 8.94 Å². The smallest absolute Gasteiger partial charge is 0.256 e. The molecule has 2 aromatic heterocycles. The largest absolute Gasteiger partial charge is 0.436 e. The molecule has 0 bridgehead atoms. The Morgan fingerprint density at radius 2 is 2.11 bits per heavy atom. The van der Waals surface area contributed by atoms with E-state index in [9.17, 15) is 0 Å². The van der Waals surface area contributed by atoms with Crippen LogP contribution < -0.4 is 0 Å². The van der Waals surface area contributed by atoms with E-state index in [4.69, 9.17) is 8.94 Å². The van der Waals surface area contributed by atoms with Gasteiger partial charge in [-0.05, 0) is 6.92 Å². The van der Waals surface area contributed by atoms with Crippen molar-refractivity contribution in [3.8, 4) is 0 Å². The summed E-state index contributed by atoms with van der Waals surface area (Å²) in [4.78, 5) is 8.59. The van der Waals surface area contributed by atoms with Crippen molar-refractivity contribution >= 4 is 11.8 Å². The molecule has 0 aromatic carbocycles. The van der Waals surface area contributed by atoms with Gasteiger partial charge in [0.15, 0.2) is 5.82 Å². The minimum atomic E-state index is -0.0328. The van der Waals surface area contributed by atoms with Gasteiger partial charge in [0.05, 0.1) is 11.4 Å². The fourth-order valence-electron chi connectivity index (χ4n) is 1.44. The van der Waals surface area contributed by atoms with Crippen LogP contribution in [0.3, 0.4) is 0 Å². The minimum Gasteiger partial charge on any atom is -0.436 e. The van der Waals surface area contributed by atoms with Crippen molar-refractivity contribution in [3.05, 3.63) is 23.7 Å². The standard InChI is InChI=1S/C13H19N3O2S/c1-6-10-15-11(18-16-10)8(2)19-12-14-7-9(17-12)13(3,4)5/h7-8H,6H2,1-5H3. The molecule has 0 aliphatic heterocycles. The summed E-state index contributed by atoms with van der Waals surface area (Å²) < 4.78 is 10.9. The molecular formula is C13H19N3O2S. The first-order valence-corrected chi connectivity index (χ1v) is 7.23. The van der Waals surface area contributed by atoms with E-state index in [1.54, 1.807) is 6.20 Å². The molecule has 0 aliphatic rings. The van der Waals surface area contributed by atoms with Gasteiger partial charge in [0.25, 0.3) is 5.22 Å². The topological polar surface area (TPSA) is 65.0 Å². The molecule has 0 fully saturated rings. The molecule has 0 spiro atoms. The van der Waals surface area contributed by atoms with Crippen molar-refractivity contribution in [1.29, 1.82) is 0 Å². The average molecular weight is 281 g/mol. The van der Waals surface area contributed by atoms with E-state index in [-0.39, 0.29) is 10.7 Å². The average Bonchev–Trinajstić information content (AvgIpc) is 2.95. The molecule has 104 valence electrons. The Hall–Kier alpha value is -1.30. The fourth-order valence-corrected chi connectivity index (χ4v) is 2.19. The van der Waals surface area contributed by atoms with Gasteiger partial charge in [0.1, 0.15) is 5.76 Å². The van der Waals surface area contributed by atoms with Crippen molar-refractivity contribution in [2.75, 3.05) is 0 Å². The SMILES string of the molecule is CCc1noc(C(C)Sc2ncc(C(C)(C)C)o2)n1. The van der Waals surface area contributed by atoms with E-state index < -0.39 is 0 Å². The zero-order chi connectivity index (χ0) is 14.0. The van der Waals surface area contributed by atoms with Crippen molar-refractivity contribution in [2.24, 2.45) is 0 Å². The molecular weight excluding hydrogens is 262 g/mol. The van der Waals surface area contributed by atoms with Crippen LogP contribution in [0.1, 0.15) is 57.3 Å². The molecule has 2 heterocycles. The van der Waals surface area contributed by atoms with E-state index in [1.807, 2.05) is 13.8 Å². The van der Waals surface area contributed by atoms with Crippen LogP contribution in [-0.2, 0) is 11.8 Å². The Bertz CT molecular complexity index is 542. The second-order valence-electron chi connectivity index (χ2n) is 5.40. The first-order valence-electron chi connectivity index (χ1n) is 6.35. The van der Waals surface area contributed by atoms with Gasteiger partial charge in [-0.3, -0.25) is 0 Å². The Morgan fingerprint density at radius 1 is 1.37 bits per heavy atom. The summed E-state index contributed by atoms with van der Waals surface area (Å²) in [6, 6.07) is 0. The van der Waals surface area contributed by atoms with E-state index in [1.165, 1.54) is 11.8 Å². The summed E-state index contributed by atoms with van der Waals surface area (Å²) in [5.74, 6) is 2.21. The molecule has 0 aliphatic carbocycles. The van der Waals surface area contributed by atoms with Gasteiger partial charge in [0.2, 0.25) is 5.89 Å². The third-order valence-corrected chi connectivity index (χ3v) is 3.59. The van der Waals surface area contributed by atoms with Crippen LogP contribution in [0.4, 0.5) is 0 Å². The van der Waals surface area contributed by atoms with Gasteiger partial charge in [0, 0.05) is 11.8 Å². The number of hydrogen-bond acceptors (Lipinski definition) is 6. The predicted octanol–water partition coefficient (Wildman–Crippen LogP) is 3.77. The van der Waals surface area contributed by atoms with Crippen LogP contribution in [0, 0.1) is 0 Å². The number of hydrogen-bond donors (Lipinski definition) is 0. The highest BCUT2D eigenvalue weighted by molar-refractivity contribution is 7.99. The van der Waals surface area contributed by atoms with Crippen LogP contribution >= 0.6 is 11.8 Å². The van der Waals surface area contributed by atoms with Crippen LogP contribution in [0.2, 0.25) is 0 Å². The third kappa shape index (κ3) is 3.37. The minimum absolute atomic E-state index is 0.0271. The quantitative estimate of drug-likeness (QED) is 0.795. The van der Waals surface area contributed by atoms with Crippen LogP contribution in [-0.4, -0.2) is 15.1 Å². The molecule has 5 nitrogen and oxygen atoms in total. The summed E-state index contributed by atoms with van der Waals surface area (Å²) >= 11 is 1.48. The molecule has 2 aromatic rings. The highest BCUT2D eigenvalue weighted by Gasteiger charge is 2.22. The summed E-state index contributed by atoms with van der Waals surface area (Å²) in [6.07, 6.45) is 2.55. The maximum absolute atomic E-state index is 5.74. The second-order valence-corrected chi connectivity index (χ2v) is 6.69. The van der Waals surface area contributed by atoms with Gasteiger partial charge in [-0.15, -0.1) is 0 Å². The molecule has 2 rings (SSSR count). The number of nitrogens with zero attached hydrogens (tertiary/aromatic N) is 3. The molecule has 19 heavy (non-hydrogen) atoms. The summed E-state index contributed by atoms with van der Waals surface area (Å²) in [6.45, 7) is 10.3. The zero-order valence-electron chi connectivity index (χ0n) is 11.9.